The van der Waals surface area contributed by atoms with Crippen LogP contribution in [0.1, 0.15) is 77.0 Å². The van der Waals surface area contributed by atoms with Gasteiger partial charge < -0.3 is 0 Å². The fourth-order valence-corrected chi connectivity index (χ4v) is 7.12. The van der Waals surface area contributed by atoms with Crippen LogP contribution in [0.5, 0.6) is 0 Å². The van der Waals surface area contributed by atoms with Gasteiger partial charge >= 0.3 is 118 Å². The number of halogens is 1. The van der Waals surface area contributed by atoms with Crippen molar-refractivity contribution < 1.29 is 20.3 Å². The molecule has 2 aliphatic rings. The van der Waals surface area contributed by atoms with Crippen LogP contribution >= 0.6 is 0 Å². The molecule has 2 heteroatoms. The van der Waals surface area contributed by atoms with Crippen LogP contribution in [0.15, 0.2) is 20.3 Å². The molecule has 0 aromatic carbocycles. The fourth-order valence-electron chi connectivity index (χ4n) is 2.68. The molecule has 0 spiro atoms. The van der Waals surface area contributed by atoms with E-state index in [0.29, 0.717) is 0 Å². The minimum atomic E-state index is -2.54. The van der Waals surface area contributed by atoms with Gasteiger partial charge in [0.15, 0.2) is 0 Å². The van der Waals surface area contributed by atoms with Crippen LogP contribution in [0.2, 0.25) is 0 Å². The fraction of sp³-hybridized carbons (Fsp3) is 0.750. The second kappa shape index (κ2) is 8.27. The number of allylic oxidation sites excluding steroid dienone is 4. The maximum atomic E-state index is 14.8. The zero-order valence-electron chi connectivity index (χ0n) is 11.4. The van der Waals surface area contributed by atoms with Gasteiger partial charge in [-0.05, 0) is 0 Å². The van der Waals surface area contributed by atoms with Crippen molar-refractivity contribution in [1.29, 1.82) is 0 Å². The normalized spacial score (nSPS) is 23.9. The molecule has 0 radical (unpaired) electrons. The first-order valence-corrected chi connectivity index (χ1v) is 10.9. The van der Waals surface area contributed by atoms with Crippen LogP contribution in [0.3, 0.4) is 0 Å². The SMILES string of the molecule is [F][Ir]([C]1=CCCCCCC1)[C]1=CCCCCCC1. The summed E-state index contributed by atoms with van der Waals surface area (Å²) in [5.74, 6) is 0. The first-order valence-electron chi connectivity index (χ1n) is 7.56. The molecule has 0 fully saturated rings. The van der Waals surface area contributed by atoms with Crippen molar-refractivity contribution in [2.24, 2.45) is 0 Å². The molecule has 18 heavy (non-hydrogen) atoms. The average Bonchev–Trinajstić information content (AvgIpc) is 2.27. The monoisotopic (exact) mass is 430 g/mol. The molecule has 0 amide bonds. The summed E-state index contributed by atoms with van der Waals surface area (Å²) in [5.41, 5.74) is 0. The Balaban J connectivity index is 2.00. The Bertz CT molecular complexity index is 276. The summed E-state index contributed by atoms with van der Waals surface area (Å²) in [5, 5.41) is 0. The third-order valence-electron chi connectivity index (χ3n) is 3.81. The van der Waals surface area contributed by atoms with Gasteiger partial charge in [-0.25, -0.2) is 0 Å². The molecular weight excluding hydrogens is 403 g/mol. The van der Waals surface area contributed by atoms with Crippen LogP contribution < -0.4 is 0 Å². The van der Waals surface area contributed by atoms with E-state index >= 15 is 0 Å². The molecular formula is C16H26FIr. The van der Waals surface area contributed by atoms with Crippen molar-refractivity contribution >= 4 is 0 Å². The van der Waals surface area contributed by atoms with E-state index in [2.05, 4.69) is 12.2 Å². The Morgan fingerprint density at radius 2 is 1.11 bits per heavy atom. The van der Waals surface area contributed by atoms with E-state index in [4.69, 9.17) is 0 Å². The summed E-state index contributed by atoms with van der Waals surface area (Å²) >= 11 is -2.54. The zero-order chi connectivity index (χ0) is 12.6. The van der Waals surface area contributed by atoms with Gasteiger partial charge in [0, 0.05) is 0 Å². The summed E-state index contributed by atoms with van der Waals surface area (Å²) in [6, 6.07) is 0. The quantitative estimate of drug-likeness (QED) is 0.508. The van der Waals surface area contributed by atoms with Gasteiger partial charge in [0.05, 0.1) is 0 Å². The number of hydrogen-bond donors (Lipinski definition) is 0. The van der Waals surface area contributed by atoms with Crippen molar-refractivity contribution in [2.75, 3.05) is 0 Å². The zero-order valence-corrected chi connectivity index (χ0v) is 13.7. The third-order valence-corrected chi connectivity index (χ3v) is 8.68. The standard InChI is InChI=1S/2C8H13.FH.Ir/c2*1-2-4-6-8-7-5-3-1;;/h2*1H,2,4-8H2;1H;/q;;;+1/p-1. The molecule has 0 heterocycles. The Morgan fingerprint density at radius 1 is 0.667 bits per heavy atom. The van der Waals surface area contributed by atoms with Gasteiger partial charge in [-0.2, -0.15) is 0 Å². The van der Waals surface area contributed by atoms with E-state index in [9.17, 15) is 3.25 Å². The van der Waals surface area contributed by atoms with E-state index in [1.54, 1.807) is 0 Å². The van der Waals surface area contributed by atoms with Gasteiger partial charge in [-0.1, -0.05) is 0 Å². The van der Waals surface area contributed by atoms with Gasteiger partial charge in [-0.3, -0.25) is 0 Å². The molecule has 0 saturated carbocycles. The number of rotatable bonds is 2. The molecule has 106 valence electrons. The Labute approximate surface area is 117 Å². The van der Waals surface area contributed by atoms with Crippen molar-refractivity contribution in [3.05, 3.63) is 20.3 Å². The summed E-state index contributed by atoms with van der Waals surface area (Å²) in [7, 11) is 0. The molecule has 0 N–H and O–H groups in total. The predicted octanol–water partition coefficient (Wildman–Crippen LogP) is 5.97. The second-order valence-electron chi connectivity index (χ2n) is 5.36. The first kappa shape index (κ1) is 14.5. The van der Waals surface area contributed by atoms with Gasteiger partial charge in [0.1, 0.15) is 0 Å². The van der Waals surface area contributed by atoms with Crippen molar-refractivity contribution in [3.63, 3.8) is 0 Å². The molecule has 0 nitrogen and oxygen atoms in total. The topological polar surface area (TPSA) is 0 Å². The molecule has 2 aliphatic carbocycles. The molecule has 0 aliphatic heterocycles. The summed E-state index contributed by atoms with van der Waals surface area (Å²) in [4.78, 5) is 0. The molecule has 0 atom stereocenters. The van der Waals surface area contributed by atoms with E-state index in [-0.39, 0.29) is 0 Å². The maximum absolute atomic E-state index is 14.8. The van der Waals surface area contributed by atoms with Crippen LogP contribution in [0, 0.1) is 0 Å². The number of hydrogen-bond acceptors (Lipinski definition) is 0. The Morgan fingerprint density at radius 3 is 1.61 bits per heavy atom. The third kappa shape index (κ3) is 4.63. The van der Waals surface area contributed by atoms with Gasteiger partial charge in [0.2, 0.25) is 0 Å². The Kier molecular flexibility index (Phi) is 6.65. The van der Waals surface area contributed by atoms with E-state index < -0.39 is 17.0 Å². The van der Waals surface area contributed by atoms with Crippen LogP contribution in [-0.2, 0) is 17.0 Å². The van der Waals surface area contributed by atoms with Crippen molar-refractivity contribution in [1.82, 2.24) is 0 Å². The predicted molar refractivity (Wildman–Crippen MR) is 72.7 cm³/mol. The molecule has 0 bridgehead atoms. The molecule has 0 aromatic heterocycles. The minimum absolute atomic E-state index is 1.06. The van der Waals surface area contributed by atoms with E-state index in [1.807, 2.05) is 0 Å². The molecule has 0 aromatic rings. The van der Waals surface area contributed by atoms with E-state index in [0.717, 1.165) is 25.7 Å². The second-order valence-corrected chi connectivity index (χ2v) is 9.94. The molecule has 0 saturated heterocycles. The summed E-state index contributed by atoms with van der Waals surface area (Å²) < 4.78 is 17.3. The summed E-state index contributed by atoms with van der Waals surface area (Å²) in [6.45, 7) is 0. The van der Waals surface area contributed by atoms with E-state index in [1.165, 1.54) is 59.5 Å². The average molecular weight is 430 g/mol. The van der Waals surface area contributed by atoms with Gasteiger partial charge in [-0.15, -0.1) is 0 Å². The first-order chi connectivity index (χ1) is 8.88. The van der Waals surface area contributed by atoms with Crippen LogP contribution in [-0.4, -0.2) is 0 Å². The molecule has 2 rings (SSSR count). The summed E-state index contributed by atoms with van der Waals surface area (Å²) in [6.07, 6.45) is 19.2. The van der Waals surface area contributed by atoms with Gasteiger partial charge in [0.25, 0.3) is 0 Å². The van der Waals surface area contributed by atoms with Crippen LogP contribution in [0.4, 0.5) is 3.25 Å². The molecule has 0 unspecified atom stereocenters. The van der Waals surface area contributed by atoms with Crippen molar-refractivity contribution in [2.45, 2.75) is 77.0 Å². The van der Waals surface area contributed by atoms with Crippen LogP contribution in [0.25, 0.3) is 0 Å². The Hall–Kier alpha value is 0.0594. The van der Waals surface area contributed by atoms with Crippen molar-refractivity contribution in [3.8, 4) is 0 Å².